The van der Waals surface area contributed by atoms with Gasteiger partial charge in [-0.1, -0.05) is 20.8 Å². The Morgan fingerprint density at radius 1 is 1.10 bits per heavy atom. The fourth-order valence-electron chi connectivity index (χ4n) is 2.37. The zero-order valence-electron chi connectivity index (χ0n) is 14.4. The number of ether oxygens (including phenoxy) is 2. The third-order valence-electron chi connectivity index (χ3n) is 3.48. The highest BCUT2D eigenvalue weighted by atomic mass is 16.5. The van der Waals surface area contributed by atoms with Crippen molar-refractivity contribution in [3.8, 4) is 0 Å². The van der Waals surface area contributed by atoms with Crippen LogP contribution in [0.5, 0.6) is 0 Å². The second-order valence-electron chi connectivity index (χ2n) is 6.38. The molecule has 0 saturated heterocycles. The van der Waals surface area contributed by atoms with Crippen molar-refractivity contribution >= 4 is 0 Å². The number of hydrogen-bond acceptors (Lipinski definition) is 5. The molecule has 0 spiro atoms. The van der Waals surface area contributed by atoms with Gasteiger partial charge in [0.2, 0.25) is 0 Å². The first-order valence-electron chi connectivity index (χ1n) is 7.37. The molecule has 0 aliphatic rings. The zero-order valence-corrected chi connectivity index (χ0v) is 14.4. The maximum Gasteiger partial charge on any atom is 0.158 e. The van der Waals surface area contributed by atoms with E-state index in [0.29, 0.717) is 6.61 Å². The van der Waals surface area contributed by atoms with Crippen LogP contribution < -0.4 is 5.32 Å². The van der Waals surface area contributed by atoms with Crippen molar-refractivity contribution < 1.29 is 9.47 Å². The van der Waals surface area contributed by atoms with Crippen molar-refractivity contribution in [3.05, 3.63) is 22.8 Å². The summed E-state index contributed by atoms with van der Waals surface area (Å²) in [5, 5.41) is 3.34. The lowest BCUT2D eigenvalue weighted by molar-refractivity contribution is 0.00839. The minimum atomic E-state index is -0.106. The Morgan fingerprint density at radius 2 is 1.67 bits per heavy atom. The van der Waals surface area contributed by atoms with E-state index in [4.69, 9.17) is 9.47 Å². The van der Waals surface area contributed by atoms with Crippen LogP contribution in [0.4, 0.5) is 0 Å². The molecule has 0 amide bonds. The van der Waals surface area contributed by atoms with Crippen LogP contribution in [0.1, 0.15) is 49.7 Å². The average molecular weight is 295 g/mol. The van der Waals surface area contributed by atoms with E-state index in [1.807, 2.05) is 13.8 Å². The lowest BCUT2D eigenvalue weighted by atomic mass is 9.88. The molecule has 0 aromatic carbocycles. The van der Waals surface area contributed by atoms with E-state index in [2.05, 4.69) is 36.1 Å². The van der Waals surface area contributed by atoms with E-state index in [1.165, 1.54) is 0 Å². The van der Waals surface area contributed by atoms with Gasteiger partial charge in [0.25, 0.3) is 0 Å². The molecule has 0 aliphatic carbocycles. The van der Waals surface area contributed by atoms with Gasteiger partial charge in [-0.3, -0.25) is 0 Å². The third-order valence-corrected chi connectivity index (χ3v) is 3.48. The number of rotatable bonds is 7. The second kappa shape index (κ2) is 7.82. The summed E-state index contributed by atoms with van der Waals surface area (Å²) in [7, 11) is 3.41. The molecule has 120 valence electrons. The summed E-state index contributed by atoms with van der Waals surface area (Å²) in [5.41, 5.74) is 3.13. The monoisotopic (exact) mass is 295 g/mol. The Balaban J connectivity index is 2.93. The Hall–Kier alpha value is -1.04. The van der Waals surface area contributed by atoms with Crippen molar-refractivity contribution in [3.63, 3.8) is 0 Å². The lowest BCUT2D eigenvalue weighted by Crippen LogP contribution is -2.25. The number of nitrogens with one attached hydrogen (secondary N) is 1. The molecule has 1 unspecified atom stereocenters. The molecule has 1 rings (SSSR count). The van der Waals surface area contributed by atoms with E-state index in [-0.39, 0.29) is 11.5 Å². The highest BCUT2D eigenvalue weighted by Crippen LogP contribution is 2.34. The van der Waals surface area contributed by atoms with Crippen molar-refractivity contribution in [2.24, 2.45) is 5.41 Å². The molecule has 0 aliphatic heterocycles. The molecule has 0 fully saturated rings. The summed E-state index contributed by atoms with van der Waals surface area (Å²) in [6, 6.07) is 0. The lowest BCUT2D eigenvalue weighted by Gasteiger charge is -2.28. The fraction of sp³-hybridized carbons (Fsp3) is 0.750. The van der Waals surface area contributed by atoms with Gasteiger partial charge in [-0.15, -0.1) is 0 Å². The highest BCUT2D eigenvalue weighted by Gasteiger charge is 2.29. The van der Waals surface area contributed by atoms with Gasteiger partial charge in [0, 0.05) is 44.3 Å². The number of aromatic nitrogens is 2. The minimum absolute atomic E-state index is 0.0359. The quantitative estimate of drug-likeness (QED) is 0.784. The molecule has 1 aromatic rings. The number of hydrogen-bond donors (Lipinski definition) is 1. The van der Waals surface area contributed by atoms with Gasteiger partial charge in [-0.05, 0) is 19.3 Å². The van der Waals surface area contributed by atoms with Crippen molar-refractivity contribution in [2.45, 2.75) is 47.3 Å². The van der Waals surface area contributed by atoms with E-state index in [1.54, 1.807) is 14.2 Å². The molecule has 0 bridgehead atoms. The van der Waals surface area contributed by atoms with E-state index >= 15 is 0 Å². The first-order chi connectivity index (χ1) is 9.81. The first kappa shape index (κ1) is 18.0. The summed E-state index contributed by atoms with van der Waals surface area (Å²) in [5.74, 6) is 0.764. The topological polar surface area (TPSA) is 56.3 Å². The first-order valence-corrected chi connectivity index (χ1v) is 7.37. The molecule has 0 saturated carbocycles. The third kappa shape index (κ3) is 5.02. The van der Waals surface area contributed by atoms with Crippen LogP contribution >= 0.6 is 0 Å². The summed E-state index contributed by atoms with van der Waals surface area (Å²) >= 11 is 0. The maximum atomic E-state index is 5.61. The molecule has 1 aromatic heterocycles. The smallest absolute Gasteiger partial charge is 0.158 e. The molecule has 0 radical (unpaired) electrons. The Kier molecular flexibility index (Phi) is 6.71. The maximum absolute atomic E-state index is 5.61. The van der Waals surface area contributed by atoms with Crippen LogP contribution in [0.2, 0.25) is 0 Å². The summed E-state index contributed by atoms with van der Waals surface area (Å²) in [4.78, 5) is 9.33. The van der Waals surface area contributed by atoms with Gasteiger partial charge < -0.3 is 14.8 Å². The molecule has 5 heteroatoms. The number of aryl methyl sites for hydroxylation is 2. The average Bonchev–Trinajstić information content (AvgIpc) is 2.36. The number of methoxy groups -OCH3 is 2. The van der Waals surface area contributed by atoms with Crippen LogP contribution in [0, 0.1) is 19.3 Å². The summed E-state index contributed by atoms with van der Waals surface area (Å²) in [6.45, 7) is 12.7. The fourth-order valence-corrected chi connectivity index (χ4v) is 2.37. The molecule has 21 heavy (non-hydrogen) atoms. The van der Waals surface area contributed by atoms with Gasteiger partial charge >= 0.3 is 0 Å². The summed E-state index contributed by atoms with van der Waals surface area (Å²) in [6.07, 6.45) is -0.106. The van der Waals surface area contributed by atoms with Gasteiger partial charge in [0.05, 0.1) is 6.61 Å². The molecule has 1 N–H and O–H groups in total. The number of nitrogens with zero attached hydrogens (tertiary/aromatic N) is 2. The van der Waals surface area contributed by atoms with Crippen LogP contribution in [0.3, 0.4) is 0 Å². The van der Waals surface area contributed by atoms with Crippen molar-refractivity contribution in [1.29, 1.82) is 0 Å². The molecule has 5 nitrogen and oxygen atoms in total. The molecular formula is C16H29N3O2. The minimum Gasteiger partial charge on any atom is -0.383 e. The van der Waals surface area contributed by atoms with E-state index in [0.717, 1.165) is 35.9 Å². The van der Waals surface area contributed by atoms with Crippen LogP contribution in [0.25, 0.3) is 0 Å². The SMILES string of the molecule is COCCNCc1c(C)nc(C(OC)C(C)(C)C)nc1C. The standard InChI is InChI=1S/C16H29N3O2/c1-11-13(10-17-8-9-20-6)12(2)19-15(18-11)14(21-7)16(3,4)5/h14,17H,8-10H2,1-7H3. The van der Waals surface area contributed by atoms with Gasteiger partial charge in [-0.25, -0.2) is 9.97 Å². The normalized spacial score (nSPS) is 13.5. The Labute approximate surface area is 128 Å². The summed E-state index contributed by atoms with van der Waals surface area (Å²) < 4.78 is 10.6. The van der Waals surface area contributed by atoms with Gasteiger partial charge in [-0.2, -0.15) is 0 Å². The predicted molar refractivity (Wildman–Crippen MR) is 84.3 cm³/mol. The van der Waals surface area contributed by atoms with E-state index < -0.39 is 0 Å². The largest absolute Gasteiger partial charge is 0.383 e. The van der Waals surface area contributed by atoms with Crippen molar-refractivity contribution in [2.75, 3.05) is 27.4 Å². The molecule has 1 heterocycles. The van der Waals surface area contributed by atoms with Gasteiger partial charge in [0.15, 0.2) is 5.82 Å². The molecule has 1 atom stereocenters. The predicted octanol–water partition coefficient (Wildman–Crippen LogP) is 2.56. The highest BCUT2D eigenvalue weighted by molar-refractivity contribution is 5.25. The Morgan fingerprint density at radius 3 is 2.10 bits per heavy atom. The molecular weight excluding hydrogens is 266 g/mol. The van der Waals surface area contributed by atoms with Crippen LogP contribution in [-0.2, 0) is 16.0 Å². The van der Waals surface area contributed by atoms with Crippen molar-refractivity contribution in [1.82, 2.24) is 15.3 Å². The van der Waals surface area contributed by atoms with Crippen LogP contribution in [0.15, 0.2) is 0 Å². The second-order valence-corrected chi connectivity index (χ2v) is 6.38. The van der Waals surface area contributed by atoms with E-state index in [9.17, 15) is 0 Å². The van der Waals surface area contributed by atoms with Gasteiger partial charge in [0.1, 0.15) is 6.10 Å². The van der Waals surface area contributed by atoms with Crippen LogP contribution in [-0.4, -0.2) is 37.3 Å². The Bertz CT molecular complexity index is 432. The zero-order chi connectivity index (χ0) is 16.0.